The number of carbonyl (C=O) groups is 4. The number of methoxy groups -OCH3 is 2. The number of aliphatic carboxylic acids is 1. The van der Waals surface area contributed by atoms with Crippen LogP contribution in [0.25, 0.3) is 10.8 Å². The van der Waals surface area contributed by atoms with Gasteiger partial charge in [-0.1, -0.05) is 58.1 Å². The van der Waals surface area contributed by atoms with Crippen LogP contribution in [0.5, 0.6) is 5.75 Å². The number of aryl methyl sites for hydroxylation is 1. The summed E-state index contributed by atoms with van der Waals surface area (Å²) in [6.45, 7) is 4.60. The SMILES string of the molecule is COc1cc2ccc3cc2cc1CCCC(C)(C)CCOC(=O)N[C@H]1CCCCCCC[C@@H]2C[C@@]2(C(=O)O)NC(=O)[C@@H]2C[C@]3(OC)CN2C1=O. The fourth-order valence-corrected chi connectivity index (χ4v) is 8.47. The number of carboxylic acid groups (broad SMARTS) is 1. The first-order valence-electron chi connectivity index (χ1n) is 18.4. The second-order valence-electron chi connectivity index (χ2n) is 15.7. The van der Waals surface area contributed by atoms with Crippen LogP contribution in [0.1, 0.15) is 102 Å². The van der Waals surface area contributed by atoms with Crippen LogP contribution in [0.15, 0.2) is 30.3 Å². The molecule has 4 aliphatic rings. The molecule has 272 valence electrons. The lowest BCUT2D eigenvalue weighted by Crippen LogP contribution is -2.56. The first-order valence-corrected chi connectivity index (χ1v) is 18.4. The van der Waals surface area contributed by atoms with Gasteiger partial charge in [-0.2, -0.15) is 0 Å². The average Bonchev–Trinajstić information content (AvgIpc) is 3.63. The Hall–Kier alpha value is -3.86. The van der Waals surface area contributed by atoms with E-state index in [0.717, 1.165) is 79.0 Å². The third-order valence-corrected chi connectivity index (χ3v) is 11.8. The van der Waals surface area contributed by atoms with Crippen LogP contribution in [0.3, 0.4) is 0 Å². The molecule has 6 bridgehead atoms. The molecule has 3 aliphatic heterocycles. The first kappa shape index (κ1) is 35.9. The number of cyclic esters (lactones) is 1. The van der Waals surface area contributed by atoms with Gasteiger partial charge >= 0.3 is 12.1 Å². The van der Waals surface area contributed by atoms with Crippen molar-refractivity contribution in [3.8, 4) is 5.75 Å². The highest BCUT2D eigenvalue weighted by molar-refractivity contribution is 5.96. The lowest BCUT2D eigenvalue weighted by atomic mass is 9.83. The molecule has 1 aliphatic carbocycles. The monoisotopic (exact) mass is 691 g/mol. The molecule has 1 saturated carbocycles. The molecule has 0 aromatic heterocycles. The average molecular weight is 692 g/mol. The number of hydrogen-bond donors (Lipinski definition) is 3. The molecule has 11 nitrogen and oxygen atoms in total. The third kappa shape index (κ3) is 7.29. The minimum atomic E-state index is -1.34. The molecule has 2 aromatic carbocycles. The zero-order valence-corrected chi connectivity index (χ0v) is 30.0. The molecule has 2 saturated heterocycles. The summed E-state index contributed by atoms with van der Waals surface area (Å²) >= 11 is 0. The van der Waals surface area contributed by atoms with Gasteiger partial charge in [0.1, 0.15) is 29.0 Å². The van der Waals surface area contributed by atoms with E-state index < -0.39 is 47.1 Å². The maximum absolute atomic E-state index is 14.6. The Labute approximate surface area is 294 Å². The number of rotatable bonds is 3. The highest BCUT2D eigenvalue weighted by Crippen LogP contribution is 2.48. The third-order valence-electron chi connectivity index (χ3n) is 11.8. The second kappa shape index (κ2) is 14.4. The van der Waals surface area contributed by atoms with Crippen molar-refractivity contribution in [2.45, 2.75) is 121 Å². The van der Waals surface area contributed by atoms with Crippen LogP contribution in [0.2, 0.25) is 0 Å². The molecule has 0 spiro atoms. The van der Waals surface area contributed by atoms with E-state index in [2.05, 4.69) is 36.6 Å². The van der Waals surface area contributed by atoms with E-state index in [4.69, 9.17) is 14.2 Å². The minimum absolute atomic E-state index is 0.0554. The van der Waals surface area contributed by atoms with Gasteiger partial charge in [-0.15, -0.1) is 0 Å². The number of ether oxygens (including phenoxy) is 3. The number of nitrogens with one attached hydrogen (secondary N) is 2. The number of hydrogen-bond acceptors (Lipinski definition) is 7. The molecule has 5 atom stereocenters. The number of benzene rings is 2. The summed E-state index contributed by atoms with van der Waals surface area (Å²) in [5, 5.41) is 18.0. The van der Waals surface area contributed by atoms with Crippen molar-refractivity contribution < 1.29 is 38.5 Å². The molecule has 11 heteroatoms. The molecular formula is C39H53N3O8. The standard InChI is InChI=1S/C39H53N3O8/c1-37(2)16-10-11-26-19-27-20-28(15-14-25(27)21-32(26)48-3)38(49-4)23-31-33(43)41-39(35(45)46)22-29(39)12-8-6-5-7-9-13-30(34(44)42(31)24-38)40-36(47)50-18-17-37/h14-15,19-21,29-31H,5-13,16-18,22-24H2,1-4H3,(H,40,47)(H,41,43)(H,45,46)/t29-,30+,31+,38+,39-/m1/s1. The molecule has 0 unspecified atom stereocenters. The first-order chi connectivity index (χ1) is 23.9. The van der Waals surface area contributed by atoms with Crippen molar-refractivity contribution in [3.05, 3.63) is 41.5 Å². The van der Waals surface area contributed by atoms with Gasteiger partial charge in [-0.05, 0) is 96.4 Å². The Morgan fingerprint density at radius 2 is 1.70 bits per heavy atom. The van der Waals surface area contributed by atoms with Crippen LogP contribution in [0.4, 0.5) is 4.79 Å². The Morgan fingerprint density at radius 1 is 0.940 bits per heavy atom. The molecule has 2 aromatic rings. The van der Waals surface area contributed by atoms with Gasteiger partial charge in [0.05, 0.1) is 20.3 Å². The van der Waals surface area contributed by atoms with Gasteiger partial charge < -0.3 is 34.9 Å². The number of fused-ring (bicyclic) bond motifs is 6. The van der Waals surface area contributed by atoms with Crippen molar-refractivity contribution in [1.82, 2.24) is 15.5 Å². The van der Waals surface area contributed by atoms with Gasteiger partial charge in [-0.25, -0.2) is 9.59 Å². The van der Waals surface area contributed by atoms with Gasteiger partial charge in [0, 0.05) is 13.5 Å². The van der Waals surface area contributed by atoms with E-state index in [1.165, 1.54) is 4.90 Å². The molecule has 3 amide bonds. The molecule has 50 heavy (non-hydrogen) atoms. The van der Waals surface area contributed by atoms with Crippen LogP contribution in [0, 0.1) is 11.3 Å². The zero-order valence-electron chi connectivity index (χ0n) is 30.0. The van der Waals surface area contributed by atoms with Crippen LogP contribution >= 0.6 is 0 Å². The van der Waals surface area contributed by atoms with Crippen LogP contribution in [-0.4, -0.2) is 78.9 Å². The predicted octanol–water partition coefficient (Wildman–Crippen LogP) is 5.84. The van der Waals surface area contributed by atoms with Gasteiger partial charge in [0.2, 0.25) is 11.8 Å². The fraction of sp³-hybridized carbons (Fsp3) is 0.641. The van der Waals surface area contributed by atoms with E-state index in [1.54, 1.807) is 14.2 Å². The molecule has 3 fully saturated rings. The molecule has 0 radical (unpaired) electrons. The molecular weight excluding hydrogens is 638 g/mol. The Morgan fingerprint density at radius 3 is 2.44 bits per heavy atom. The zero-order chi connectivity index (χ0) is 35.7. The summed E-state index contributed by atoms with van der Waals surface area (Å²) in [7, 11) is 3.26. The maximum Gasteiger partial charge on any atom is 0.407 e. The molecule has 3 N–H and O–H groups in total. The summed E-state index contributed by atoms with van der Waals surface area (Å²) in [6.07, 6.45) is 8.60. The summed E-state index contributed by atoms with van der Waals surface area (Å²) in [5.41, 5.74) is -0.588. The van der Waals surface area contributed by atoms with Crippen molar-refractivity contribution >= 4 is 34.6 Å². The van der Waals surface area contributed by atoms with Crippen molar-refractivity contribution in [2.75, 3.05) is 27.4 Å². The van der Waals surface area contributed by atoms with E-state index >= 15 is 0 Å². The highest BCUT2D eigenvalue weighted by atomic mass is 16.5. The summed E-state index contributed by atoms with van der Waals surface area (Å²) in [4.78, 5) is 56.1. The smallest absolute Gasteiger partial charge is 0.407 e. The largest absolute Gasteiger partial charge is 0.496 e. The minimum Gasteiger partial charge on any atom is -0.496 e. The van der Waals surface area contributed by atoms with Crippen molar-refractivity contribution in [2.24, 2.45) is 11.3 Å². The van der Waals surface area contributed by atoms with Gasteiger partial charge in [0.25, 0.3) is 0 Å². The van der Waals surface area contributed by atoms with Gasteiger partial charge in [0.15, 0.2) is 0 Å². The van der Waals surface area contributed by atoms with E-state index in [1.807, 2.05) is 18.2 Å². The van der Waals surface area contributed by atoms with Gasteiger partial charge in [-0.3, -0.25) is 9.59 Å². The quantitative estimate of drug-likeness (QED) is 0.364. The lowest BCUT2D eigenvalue weighted by Gasteiger charge is -2.31. The topological polar surface area (TPSA) is 144 Å². The summed E-state index contributed by atoms with van der Waals surface area (Å²) in [6, 6.07) is 8.31. The number of amides is 3. The number of carboxylic acids is 1. The number of alkyl carbamates (subject to hydrolysis) is 1. The Bertz CT molecular complexity index is 1630. The molecule has 3 heterocycles. The Balaban J connectivity index is 1.43. The number of nitrogens with zero attached hydrogens (tertiary/aromatic N) is 1. The lowest BCUT2D eigenvalue weighted by molar-refractivity contribution is -0.146. The van der Waals surface area contributed by atoms with E-state index in [9.17, 15) is 24.3 Å². The van der Waals surface area contributed by atoms with Crippen molar-refractivity contribution in [3.63, 3.8) is 0 Å². The van der Waals surface area contributed by atoms with Crippen molar-refractivity contribution in [1.29, 1.82) is 0 Å². The molecule has 6 rings (SSSR count). The number of carbonyl (C=O) groups excluding carboxylic acids is 3. The van der Waals surface area contributed by atoms with Crippen LogP contribution < -0.4 is 15.4 Å². The maximum atomic E-state index is 14.6. The summed E-state index contributed by atoms with van der Waals surface area (Å²) < 4.78 is 17.7. The normalized spacial score (nSPS) is 30.9. The second-order valence-corrected chi connectivity index (χ2v) is 15.7. The fourth-order valence-electron chi connectivity index (χ4n) is 8.47. The summed E-state index contributed by atoms with van der Waals surface area (Å²) in [5.74, 6) is -1.30. The van der Waals surface area contributed by atoms with E-state index in [0.29, 0.717) is 25.7 Å². The van der Waals surface area contributed by atoms with E-state index in [-0.39, 0.29) is 30.9 Å². The predicted molar refractivity (Wildman–Crippen MR) is 188 cm³/mol. The van der Waals surface area contributed by atoms with Crippen LogP contribution in [-0.2, 0) is 35.9 Å². The highest BCUT2D eigenvalue weighted by Gasteiger charge is 2.62. The Kier molecular flexibility index (Phi) is 10.4.